The molecule has 0 bridgehead atoms. The number of fused-ring (bicyclic) bond motifs is 6. The van der Waals surface area contributed by atoms with E-state index in [1.165, 1.54) is 36.3 Å². The van der Waals surface area contributed by atoms with Crippen LogP contribution < -0.4 is 4.74 Å². The summed E-state index contributed by atoms with van der Waals surface area (Å²) in [7, 11) is 0. The maximum atomic E-state index is 13.5. The first-order valence-electron chi connectivity index (χ1n) is 10.4. The summed E-state index contributed by atoms with van der Waals surface area (Å²) in [6.45, 7) is 3.18. The first-order valence-corrected chi connectivity index (χ1v) is 12.4. The van der Waals surface area contributed by atoms with E-state index in [1.54, 1.807) is 0 Å². The molecule has 5 heteroatoms. The van der Waals surface area contributed by atoms with Crippen molar-refractivity contribution in [2.75, 3.05) is 24.7 Å². The molecule has 0 aromatic heterocycles. The van der Waals surface area contributed by atoms with Crippen LogP contribution >= 0.6 is 23.5 Å². The second kappa shape index (κ2) is 7.00. The second-order valence-corrected chi connectivity index (χ2v) is 11.5. The number of ether oxygens (including phenoxy) is 2. The molecular weight excluding hydrogens is 376 g/mol. The Hall–Kier alpha value is -0.650. The van der Waals surface area contributed by atoms with Crippen LogP contribution in [0.5, 0.6) is 5.75 Å². The highest BCUT2D eigenvalue weighted by atomic mass is 32.2. The van der Waals surface area contributed by atoms with E-state index in [9.17, 15) is 4.79 Å². The highest BCUT2D eigenvalue weighted by Gasteiger charge is 2.67. The van der Waals surface area contributed by atoms with E-state index in [2.05, 4.69) is 35.7 Å². The van der Waals surface area contributed by atoms with Crippen molar-refractivity contribution in [2.45, 2.75) is 49.0 Å². The Labute approximate surface area is 170 Å². The Morgan fingerprint density at radius 2 is 1.93 bits per heavy atom. The molecule has 0 amide bonds. The predicted molar refractivity (Wildman–Crippen MR) is 111 cm³/mol. The second-order valence-electron chi connectivity index (χ2n) is 8.37. The zero-order chi connectivity index (χ0) is 18.5. The number of hydrogen-bond donors (Lipinski definition) is 0. The lowest BCUT2D eigenvalue weighted by Gasteiger charge is -2.58. The molecule has 4 atom stereocenters. The molecule has 1 spiro atoms. The summed E-state index contributed by atoms with van der Waals surface area (Å²) in [5.74, 6) is 4.44. The van der Waals surface area contributed by atoms with E-state index in [0.29, 0.717) is 25.0 Å². The topological polar surface area (TPSA) is 35.5 Å². The van der Waals surface area contributed by atoms with Gasteiger partial charge in [0.2, 0.25) is 0 Å². The van der Waals surface area contributed by atoms with Crippen LogP contribution in [0, 0.1) is 17.3 Å². The van der Waals surface area contributed by atoms with Gasteiger partial charge in [-0.1, -0.05) is 24.6 Å². The molecule has 4 aliphatic rings. The van der Waals surface area contributed by atoms with E-state index < -0.39 is 5.41 Å². The minimum absolute atomic E-state index is 0.0304. The molecule has 146 valence electrons. The maximum Gasteiger partial charge on any atom is 0.320 e. The van der Waals surface area contributed by atoms with Crippen LogP contribution in [0.25, 0.3) is 0 Å². The predicted octanol–water partition coefficient (Wildman–Crippen LogP) is 5.10. The van der Waals surface area contributed by atoms with Crippen LogP contribution in [0.3, 0.4) is 0 Å². The first kappa shape index (κ1) is 18.4. The van der Waals surface area contributed by atoms with Crippen molar-refractivity contribution in [1.82, 2.24) is 0 Å². The largest absolute Gasteiger partial charge is 0.426 e. The van der Waals surface area contributed by atoms with Crippen LogP contribution in [-0.2, 0) is 9.53 Å². The van der Waals surface area contributed by atoms with Gasteiger partial charge in [-0.2, -0.15) is 0 Å². The number of hydrogen-bond acceptors (Lipinski definition) is 5. The monoisotopic (exact) mass is 404 g/mol. The molecule has 5 rings (SSSR count). The van der Waals surface area contributed by atoms with Gasteiger partial charge in [-0.05, 0) is 67.6 Å². The van der Waals surface area contributed by atoms with Crippen LogP contribution in [0.2, 0.25) is 0 Å². The minimum Gasteiger partial charge on any atom is -0.426 e. The van der Waals surface area contributed by atoms with Gasteiger partial charge in [0, 0.05) is 12.5 Å². The standard InChI is InChI=1S/C22H28O3S2/c1-2-24-14-21-16-8-5-9-17(16)22(26-11-6-12-27-22)13-18(21)15-7-3-4-10-19(15)25-20(21)23/h3-4,7,10,16-18H,2,5-6,8-9,11-14H2,1H3. The highest BCUT2D eigenvalue weighted by Crippen LogP contribution is 2.70. The van der Waals surface area contributed by atoms with Crippen LogP contribution in [0.15, 0.2) is 24.3 Å². The van der Waals surface area contributed by atoms with Gasteiger partial charge < -0.3 is 9.47 Å². The fraction of sp³-hybridized carbons (Fsp3) is 0.682. The van der Waals surface area contributed by atoms with Gasteiger partial charge in [0.15, 0.2) is 0 Å². The molecule has 2 saturated carbocycles. The Morgan fingerprint density at radius 1 is 1.15 bits per heavy atom. The van der Waals surface area contributed by atoms with Crippen LogP contribution in [-0.4, -0.2) is 34.8 Å². The third-order valence-electron chi connectivity index (χ3n) is 7.26. The summed E-state index contributed by atoms with van der Waals surface area (Å²) in [5, 5.41) is 0. The molecule has 4 unspecified atom stereocenters. The van der Waals surface area contributed by atoms with E-state index >= 15 is 0 Å². The van der Waals surface area contributed by atoms with Gasteiger partial charge in [0.05, 0.1) is 10.7 Å². The smallest absolute Gasteiger partial charge is 0.320 e. The Balaban J connectivity index is 1.66. The average Bonchev–Trinajstić information content (AvgIpc) is 3.20. The van der Waals surface area contributed by atoms with Crippen molar-refractivity contribution >= 4 is 29.5 Å². The molecule has 3 nitrogen and oxygen atoms in total. The van der Waals surface area contributed by atoms with Crippen LogP contribution in [0.4, 0.5) is 0 Å². The Kier molecular flexibility index (Phi) is 4.76. The van der Waals surface area contributed by atoms with Gasteiger partial charge in [-0.25, -0.2) is 0 Å². The lowest BCUT2D eigenvalue weighted by atomic mass is 9.54. The molecule has 2 aliphatic heterocycles. The SMILES string of the molecule is CCOCC12C(=O)Oc3ccccc3C1CC1(SCCCS1)C1CCCC12. The molecule has 3 fully saturated rings. The van der Waals surface area contributed by atoms with Crippen molar-refractivity contribution in [2.24, 2.45) is 17.3 Å². The van der Waals surface area contributed by atoms with Crippen LogP contribution in [0.1, 0.15) is 50.5 Å². The Bertz CT molecular complexity index is 730. The zero-order valence-electron chi connectivity index (χ0n) is 15.9. The third-order valence-corrected chi connectivity index (χ3v) is 10.9. The summed E-state index contributed by atoms with van der Waals surface area (Å²) in [6, 6.07) is 8.22. The van der Waals surface area contributed by atoms with Gasteiger partial charge in [0.1, 0.15) is 11.2 Å². The number of rotatable bonds is 3. The molecule has 2 heterocycles. The summed E-state index contributed by atoms with van der Waals surface area (Å²) >= 11 is 4.37. The fourth-order valence-electron chi connectivity index (χ4n) is 6.18. The number of thioether (sulfide) groups is 2. The number of carbonyl (C=O) groups is 1. The molecule has 2 aliphatic carbocycles. The zero-order valence-corrected chi connectivity index (χ0v) is 17.6. The van der Waals surface area contributed by atoms with Gasteiger partial charge in [0.25, 0.3) is 0 Å². The number of benzene rings is 1. The summed E-state index contributed by atoms with van der Waals surface area (Å²) in [6.07, 6.45) is 5.99. The van der Waals surface area contributed by atoms with E-state index in [0.717, 1.165) is 18.6 Å². The van der Waals surface area contributed by atoms with E-state index in [-0.39, 0.29) is 16.0 Å². The number of para-hydroxylation sites is 1. The van der Waals surface area contributed by atoms with E-state index in [1.807, 2.05) is 19.1 Å². The van der Waals surface area contributed by atoms with Gasteiger partial charge in [-0.15, -0.1) is 23.5 Å². The lowest BCUT2D eigenvalue weighted by molar-refractivity contribution is -0.166. The first-order chi connectivity index (χ1) is 13.2. The fourth-order valence-corrected chi connectivity index (χ4v) is 10.0. The lowest BCUT2D eigenvalue weighted by Crippen LogP contribution is -2.60. The van der Waals surface area contributed by atoms with Crippen molar-refractivity contribution in [3.05, 3.63) is 29.8 Å². The van der Waals surface area contributed by atoms with E-state index in [4.69, 9.17) is 9.47 Å². The van der Waals surface area contributed by atoms with Gasteiger partial charge in [-0.3, -0.25) is 4.79 Å². The summed E-state index contributed by atoms with van der Waals surface area (Å²) in [4.78, 5) is 13.5. The highest BCUT2D eigenvalue weighted by molar-refractivity contribution is 8.18. The summed E-state index contributed by atoms with van der Waals surface area (Å²) < 4.78 is 12.2. The summed E-state index contributed by atoms with van der Waals surface area (Å²) in [5.41, 5.74) is 0.725. The molecule has 1 aromatic carbocycles. The molecule has 0 radical (unpaired) electrons. The minimum atomic E-state index is -0.505. The third kappa shape index (κ3) is 2.64. The number of carbonyl (C=O) groups excluding carboxylic acids is 1. The van der Waals surface area contributed by atoms with Crippen molar-refractivity contribution in [3.8, 4) is 5.75 Å². The Morgan fingerprint density at radius 3 is 2.74 bits per heavy atom. The van der Waals surface area contributed by atoms with Gasteiger partial charge >= 0.3 is 5.97 Å². The molecular formula is C22H28O3S2. The molecule has 0 N–H and O–H groups in total. The molecule has 1 aromatic rings. The quantitative estimate of drug-likeness (QED) is 0.517. The van der Waals surface area contributed by atoms with Crippen molar-refractivity contribution in [3.63, 3.8) is 0 Å². The van der Waals surface area contributed by atoms with Crippen molar-refractivity contribution < 1.29 is 14.3 Å². The molecule has 27 heavy (non-hydrogen) atoms. The number of esters is 1. The molecule has 1 saturated heterocycles. The average molecular weight is 405 g/mol. The normalized spacial score (nSPS) is 36.6. The van der Waals surface area contributed by atoms with Crippen molar-refractivity contribution in [1.29, 1.82) is 0 Å². The maximum absolute atomic E-state index is 13.5.